The van der Waals surface area contributed by atoms with Gasteiger partial charge in [-0.05, 0) is 18.0 Å². The van der Waals surface area contributed by atoms with E-state index in [1.165, 1.54) is 0 Å². The van der Waals surface area contributed by atoms with Crippen LogP contribution in [0.25, 0.3) is 0 Å². The fourth-order valence-corrected chi connectivity index (χ4v) is 4.36. The maximum absolute atomic E-state index is 14.0. The van der Waals surface area contributed by atoms with Crippen molar-refractivity contribution in [2.45, 2.75) is 64.7 Å². The van der Waals surface area contributed by atoms with Crippen molar-refractivity contribution in [3.63, 3.8) is 0 Å². The molecule has 4 nitrogen and oxygen atoms in total. The Kier molecular flexibility index (Phi) is 3.97. The molecule has 0 radical (unpaired) electrons. The van der Waals surface area contributed by atoms with E-state index in [-0.39, 0.29) is 13.3 Å². The Morgan fingerprint density at radius 3 is 2.70 bits per heavy atom. The lowest BCUT2D eigenvalue weighted by Gasteiger charge is -2.19. The average molecular weight is 344 g/mol. The molecular formula is C16H26F2N2O2Si. The zero-order chi connectivity index (χ0) is 17.0. The Morgan fingerprint density at radius 1 is 1.39 bits per heavy atom. The van der Waals surface area contributed by atoms with Crippen molar-refractivity contribution in [2.75, 3.05) is 6.61 Å². The first-order chi connectivity index (χ1) is 10.6. The van der Waals surface area contributed by atoms with Crippen molar-refractivity contribution >= 4 is 8.07 Å². The molecule has 1 heterocycles. The number of aliphatic hydroxyl groups is 1. The van der Waals surface area contributed by atoms with Crippen molar-refractivity contribution in [2.24, 2.45) is 11.3 Å². The second-order valence-corrected chi connectivity index (χ2v) is 14.0. The molecule has 2 aliphatic rings. The number of fused-ring (bicyclic) bond motifs is 2. The second-order valence-electron chi connectivity index (χ2n) is 8.35. The Morgan fingerprint density at radius 2 is 2.09 bits per heavy atom. The van der Waals surface area contributed by atoms with Crippen molar-refractivity contribution in [3.8, 4) is 0 Å². The summed E-state index contributed by atoms with van der Waals surface area (Å²) in [5, 5.41) is 13.9. The van der Waals surface area contributed by atoms with E-state index >= 15 is 0 Å². The molecule has 23 heavy (non-hydrogen) atoms. The summed E-state index contributed by atoms with van der Waals surface area (Å²) < 4.78 is 35.4. The van der Waals surface area contributed by atoms with E-state index in [0.717, 1.165) is 17.3 Å². The molecule has 0 aromatic carbocycles. The van der Waals surface area contributed by atoms with Crippen LogP contribution in [0, 0.1) is 11.3 Å². The normalized spacial score (nSPS) is 28.4. The minimum absolute atomic E-state index is 0.209. The van der Waals surface area contributed by atoms with E-state index < -0.39 is 25.3 Å². The third-order valence-corrected chi connectivity index (χ3v) is 7.14. The summed E-state index contributed by atoms with van der Waals surface area (Å²) in [4.78, 5) is 0. The number of hydrogen-bond donors (Lipinski definition) is 1. The maximum atomic E-state index is 14.0. The first-order valence-corrected chi connectivity index (χ1v) is 11.9. The number of alkyl halides is 2. The Bertz CT molecular complexity index is 612. The highest BCUT2D eigenvalue weighted by Gasteiger charge is 2.78. The van der Waals surface area contributed by atoms with Crippen molar-refractivity contribution in [1.29, 1.82) is 0 Å². The molecule has 1 aromatic heterocycles. The van der Waals surface area contributed by atoms with Crippen LogP contribution in [-0.4, -0.2) is 35.5 Å². The Balaban J connectivity index is 1.73. The first kappa shape index (κ1) is 17.0. The van der Waals surface area contributed by atoms with Gasteiger partial charge in [0, 0.05) is 38.1 Å². The summed E-state index contributed by atoms with van der Waals surface area (Å²) >= 11 is 0. The van der Waals surface area contributed by atoms with Gasteiger partial charge in [-0.2, -0.15) is 5.10 Å². The smallest absolute Gasteiger partial charge is 0.258 e. The molecule has 0 bridgehead atoms. The van der Waals surface area contributed by atoms with Gasteiger partial charge in [0.25, 0.3) is 5.92 Å². The zero-order valence-corrected chi connectivity index (χ0v) is 15.3. The lowest BCUT2D eigenvalue weighted by molar-refractivity contribution is 0.0589. The van der Waals surface area contributed by atoms with E-state index in [1.807, 2.05) is 0 Å². The van der Waals surface area contributed by atoms with Crippen LogP contribution in [0.1, 0.15) is 23.9 Å². The van der Waals surface area contributed by atoms with Gasteiger partial charge in [-0.1, -0.05) is 26.6 Å². The molecule has 2 aliphatic carbocycles. The highest BCUT2D eigenvalue weighted by Crippen LogP contribution is 2.70. The van der Waals surface area contributed by atoms with Crippen LogP contribution >= 0.6 is 0 Å². The van der Waals surface area contributed by atoms with Crippen molar-refractivity contribution in [1.82, 2.24) is 9.78 Å². The highest BCUT2D eigenvalue weighted by molar-refractivity contribution is 6.76. The molecule has 1 aromatic rings. The third-order valence-electron chi connectivity index (χ3n) is 5.44. The monoisotopic (exact) mass is 344 g/mol. The van der Waals surface area contributed by atoms with E-state index in [2.05, 4.69) is 24.7 Å². The van der Waals surface area contributed by atoms with Crippen LogP contribution in [-0.2, 0) is 30.9 Å². The predicted molar refractivity (Wildman–Crippen MR) is 86.2 cm³/mol. The van der Waals surface area contributed by atoms with Gasteiger partial charge in [0.05, 0.1) is 12.3 Å². The minimum Gasteiger partial charge on any atom is -0.390 e. The topological polar surface area (TPSA) is 47.3 Å². The molecule has 2 atom stereocenters. The molecule has 1 N–H and O–H groups in total. The van der Waals surface area contributed by atoms with E-state index in [0.29, 0.717) is 25.1 Å². The molecule has 2 unspecified atom stereocenters. The lowest BCUT2D eigenvalue weighted by atomic mass is 9.87. The van der Waals surface area contributed by atoms with Crippen molar-refractivity contribution in [3.05, 3.63) is 17.0 Å². The molecule has 0 aliphatic heterocycles. The average Bonchev–Trinajstić information content (AvgIpc) is 2.75. The molecule has 1 saturated carbocycles. The quantitative estimate of drug-likeness (QED) is 0.637. The van der Waals surface area contributed by atoms with Gasteiger partial charge in [0.1, 0.15) is 6.73 Å². The van der Waals surface area contributed by atoms with Gasteiger partial charge >= 0.3 is 0 Å². The number of rotatable bonds is 6. The van der Waals surface area contributed by atoms with Crippen LogP contribution in [0.2, 0.25) is 25.7 Å². The summed E-state index contributed by atoms with van der Waals surface area (Å²) in [7, 11) is -1.15. The molecule has 0 amide bonds. The lowest BCUT2D eigenvalue weighted by Crippen LogP contribution is -2.23. The minimum atomic E-state index is -2.61. The van der Waals surface area contributed by atoms with Crippen LogP contribution in [0.5, 0.6) is 0 Å². The first-order valence-electron chi connectivity index (χ1n) is 8.24. The third kappa shape index (κ3) is 2.76. The van der Waals surface area contributed by atoms with E-state index in [9.17, 15) is 13.9 Å². The van der Waals surface area contributed by atoms with Crippen LogP contribution in [0.15, 0.2) is 0 Å². The molecule has 0 saturated heterocycles. The number of aliphatic hydroxyl groups excluding tert-OH is 1. The molecule has 0 spiro atoms. The summed E-state index contributed by atoms with van der Waals surface area (Å²) in [6, 6.07) is 1.06. The fraction of sp³-hybridized carbons (Fsp3) is 0.812. The maximum Gasteiger partial charge on any atom is 0.258 e. The predicted octanol–water partition coefficient (Wildman–Crippen LogP) is 3.06. The molecule has 7 heteroatoms. The SMILES string of the molecule is CC12Cc3c(c(CO)nn3COCC[Si](C)(C)C)CC1C2(F)F. The number of nitrogens with zero attached hydrogens (tertiary/aromatic N) is 2. The van der Waals surface area contributed by atoms with Gasteiger partial charge in [-0.3, -0.25) is 0 Å². The zero-order valence-electron chi connectivity index (χ0n) is 14.3. The van der Waals surface area contributed by atoms with Gasteiger partial charge in [-0.15, -0.1) is 0 Å². The van der Waals surface area contributed by atoms with Gasteiger partial charge in [0.15, 0.2) is 0 Å². The highest BCUT2D eigenvalue weighted by atomic mass is 28.3. The van der Waals surface area contributed by atoms with Crippen LogP contribution in [0.4, 0.5) is 8.78 Å². The number of hydrogen-bond acceptors (Lipinski definition) is 3. The summed E-state index contributed by atoms with van der Waals surface area (Å²) in [5.41, 5.74) is 1.19. The number of aromatic nitrogens is 2. The van der Waals surface area contributed by atoms with Crippen LogP contribution in [0.3, 0.4) is 0 Å². The van der Waals surface area contributed by atoms with Gasteiger partial charge in [0.2, 0.25) is 0 Å². The fourth-order valence-electron chi connectivity index (χ4n) is 3.61. The Labute approximate surface area is 136 Å². The van der Waals surface area contributed by atoms with Gasteiger partial charge < -0.3 is 9.84 Å². The second kappa shape index (κ2) is 5.36. The largest absolute Gasteiger partial charge is 0.390 e. The van der Waals surface area contributed by atoms with E-state index in [4.69, 9.17) is 4.74 Å². The standard InChI is InChI=1S/C16H26F2N2O2Si/c1-15-8-13-11(7-14(15)16(15,17)18)12(9-21)19-20(13)10-22-5-6-23(2,3)4/h14,21H,5-10H2,1-4H3. The molecular weight excluding hydrogens is 318 g/mol. The molecule has 130 valence electrons. The van der Waals surface area contributed by atoms with E-state index in [1.54, 1.807) is 11.6 Å². The summed E-state index contributed by atoms with van der Waals surface area (Å²) in [6.07, 6.45) is 0.619. The number of halogens is 2. The van der Waals surface area contributed by atoms with Gasteiger partial charge in [-0.25, -0.2) is 13.5 Å². The number of ether oxygens (including phenoxy) is 1. The van der Waals surface area contributed by atoms with Crippen molar-refractivity contribution < 1.29 is 18.6 Å². The summed E-state index contributed by atoms with van der Waals surface area (Å²) in [5.74, 6) is -3.22. The Hall–Kier alpha value is -0.793. The summed E-state index contributed by atoms with van der Waals surface area (Å²) in [6.45, 7) is 9.24. The molecule has 3 rings (SSSR count). The van der Waals surface area contributed by atoms with Crippen LogP contribution < -0.4 is 0 Å². The molecule has 1 fully saturated rings.